The lowest BCUT2D eigenvalue weighted by Crippen LogP contribution is -2.30. The molecule has 0 aromatic heterocycles. The normalized spacial score (nSPS) is 13.9. The van der Waals surface area contributed by atoms with E-state index < -0.39 is 57.8 Å². The van der Waals surface area contributed by atoms with Crippen LogP contribution in [0.1, 0.15) is 265 Å². The third-order valence-corrected chi connectivity index (χ3v) is 13.7. The van der Waals surface area contributed by atoms with Crippen LogP contribution < -0.4 is 0 Å². The summed E-state index contributed by atoms with van der Waals surface area (Å²) in [5.41, 5.74) is 0. The second-order valence-corrected chi connectivity index (χ2v) is 21.6. The van der Waals surface area contributed by atoms with E-state index in [-0.39, 0.29) is 25.9 Å². The van der Waals surface area contributed by atoms with Crippen LogP contribution in [0.25, 0.3) is 0 Å². The van der Waals surface area contributed by atoms with Crippen molar-refractivity contribution in [3.05, 3.63) is 85.1 Å². The van der Waals surface area contributed by atoms with Crippen LogP contribution in [0.3, 0.4) is 0 Å². The Kier molecular flexibility index (Phi) is 55.3. The fourth-order valence-corrected chi connectivity index (χ4v) is 8.97. The van der Waals surface area contributed by atoms with Crippen molar-refractivity contribution in [1.82, 2.24) is 0 Å². The van der Waals surface area contributed by atoms with E-state index in [9.17, 15) is 28.9 Å². The molecular formula is C64H111O11P. The zero-order chi connectivity index (χ0) is 55.5. The van der Waals surface area contributed by atoms with Gasteiger partial charge in [0.05, 0.1) is 19.8 Å². The number of rotatable bonds is 56. The maximum atomic E-state index is 12.9. The highest BCUT2D eigenvalue weighted by Crippen LogP contribution is 2.43. The summed E-state index contributed by atoms with van der Waals surface area (Å²) in [4.78, 5) is 48.6. The Hall–Kier alpha value is -3.34. The number of hydrogen-bond donors (Lipinski definition) is 2. The number of hydrogen-bond acceptors (Lipinski definition) is 10. The number of carbonyl (C=O) groups excluding carboxylic acids is 3. The van der Waals surface area contributed by atoms with E-state index in [1.165, 1.54) is 89.9 Å². The second kappa shape index (κ2) is 57.8. The van der Waals surface area contributed by atoms with Crippen molar-refractivity contribution < 1.29 is 52.2 Å². The number of ether oxygens (including phenoxy) is 3. The number of esters is 3. The monoisotopic (exact) mass is 1090 g/mol. The van der Waals surface area contributed by atoms with Gasteiger partial charge in [-0.15, -0.1) is 0 Å². The first-order valence-corrected chi connectivity index (χ1v) is 32.0. The average molecular weight is 1090 g/mol. The summed E-state index contributed by atoms with van der Waals surface area (Å²) in [6, 6.07) is 0. The number of phosphoric ester groups is 1. The third kappa shape index (κ3) is 55.4. The van der Waals surface area contributed by atoms with Crippen LogP contribution in [0, 0.1) is 0 Å². The lowest BCUT2D eigenvalue weighted by molar-refractivity contribution is -0.161. The molecule has 76 heavy (non-hydrogen) atoms. The number of aliphatic hydroxyl groups excluding tert-OH is 1. The number of aliphatic hydroxyl groups is 1. The fourth-order valence-electron chi connectivity index (χ4n) is 8.19. The molecule has 0 aromatic carbocycles. The van der Waals surface area contributed by atoms with E-state index in [4.69, 9.17) is 23.3 Å². The Morgan fingerprint density at radius 2 is 0.711 bits per heavy atom. The molecule has 0 bridgehead atoms. The Bertz CT molecular complexity index is 1600. The molecule has 0 heterocycles. The second-order valence-electron chi connectivity index (χ2n) is 20.1. The van der Waals surface area contributed by atoms with Crippen LogP contribution >= 0.6 is 7.82 Å². The molecule has 0 radical (unpaired) electrons. The Morgan fingerprint density at radius 1 is 0.382 bits per heavy atom. The van der Waals surface area contributed by atoms with Gasteiger partial charge in [-0.3, -0.25) is 23.4 Å². The topological polar surface area (TPSA) is 155 Å². The Labute approximate surface area is 464 Å². The molecule has 438 valence electrons. The molecule has 0 rings (SSSR count). The first kappa shape index (κ1) is 72.7. The van der Waals surface area contributed by atoms with Gasteiger partial charge in [0, 0.05) is 19.3 Å². The van der Waals surface area contributed by atoms with Crippen molar-refractivity contribution >= 4 is 25.7 Å². The Balaban J connectivity index is 4.74. The van der Waals surface area contributed by atoms with Crippen LogP contribution in [0.4, 0.5) is 0 Å². The molecule has 11 nitrogen and oxygen atoms in total. The van der Waals surface area contributed by atoms with Crippen molar-refractivity contribution in [2.24, 2.45) is 0 Å². The molecular weight excluding hydrogens is 976 g/mol. The predicted octanol–water partition coefficient (Wildman–Crippen LogP) is 18.3. The third-order valence-electron chi connectivity index (χ3n) is 12.8. The molecule has 0 aliphatic carbocycles. The standard InChI is InChI=1S/C64H111O11P/c1-4-7-10-13-16-19-22-25-27-29-30-32-34-37-40-43-46-49-52-55-64(68)75-61(57-71-62(66)53-50-47-44-41-38-35-24-21-18-15-12-9-6-3)59-73-76(69,70)72-58-60(56-65)74-63(67)54-51-48-45-42-39-36-33-31-28-26-23-20-17-14-11-8-5-2/h7,10,12,15-16,19,21,24-25,27,30,32,37,40,60-61,65H,4-6,8-9,11,13-14,17-18,20,22-23,26,28-29,31,33-36,38-39,41-59H2,1-3H3,(H,69,70)/b10-7-,15-12-,19-16-,24-21-,27-25-,32-30-,40-37-. The lowest BCUT2D eigenvalue weighted by atomic mass is 10.0. The van der Waals surface area contributed by atoms with Gasteiger partial charge < -0.3 is 24.2 Å². The summed E-state index contributed by atoms with van der Waals surface area (Å²) in [5.74, 6) is -1.52. The minimum atomic E-state index is -4.76. The van der Waals surface area contributed by atoms with Gasteiger partial charge in [0.2, 0.25) is 0 Å². The van der Waals surface area contributed by atoms with Crippen LogP contribution in [0.5, 0.6) is 0 Å². The van der Waals surface area contributed by atoms with Gasteiger partial charge in [-0.1, -0.05) is 241 Å². The van der Waals surface area contributed by atoms with Gasteiger partial charge in [-0.2, -0.15) is 0 Å². The largest absolute Gasteiger partial charge is 0.472 e. The van der Waals surface area contributed by atoms with E-state index in [2.05, 4.69) is 106 Å². The summed E-state index contributed by atoms with van der Waals surface area (Å²) < 4.78 is 39.6. The molecule has 0 fully saturated rings. The minimum absolute atomic E-state index is 0.123. The maximum Gasteiger partial charge on any atom is 0.472 e. The highest BCUT2D eigenvalue weighted by atomic mass is 31.2. The molecule has 0 saturated carbocycles. The van der Waals surface area contributed by atoms with Crippen LogP contribution in [-0.4, -0.2) is 66.5 Å². The fraction of sp³-hybridized carbons (Fsp3) is 0.734. The smallest absolute Gasteiger partial charge is 0.462 e. The molecule has 0 aromatic rings. The summed E-state index contributed by atoms with van der Waals surface area (Å²) >= 11 is 0. The number of unbranched alkanes of at least 4 members (excludes halogenated alkanes) is 25. The highest BCUT2D eigenvalue weighted by molar-refractivity contribution is 7.47. The van der Waals surface area contributed by atoms with Crippen molar-refractivity contribution in [1.29, 1.82) is 0 Å². The molecule has 0 amide bonds. The molecule has 3 atom stereocenters. The highest BCUT2D eigenvalue weighted by Gasteiger charge is 2.28. The molecule has 0 aliphatic rings. The zero-order valence-corrected chi connectivity index (χ0v) is 49.3. The van der Waals surface area contributed by atoms with Gasteiger partial charge in [0.1, 0.15) is 12.7 Å². The quantitative estimate of drug-likeness (QED) is 0.0197. The first-order valence-electron chi connectivity index (χ1n) is 30.5. The van der Waals surface area contributed by atoms with E-state index in [0.29, 0.717) is 19.3 Å². The summed E-state index contributed by atoms with van der Waals surface area (Å²) in [7, 11) is -4.76. The van der Waals surface area contributed by atoms with Crippen LogP contribution in [0.2, 0.25) is 0 Å². The van der Waals surface area contributed by atoms with Gasteiger partial charge in [-0.05, 0) is 89.9 Å². The molecule has 12 heteroatoms. The number of allylic oxidation sites excluding steroid dienone is 14. The Morgan fingerprint density at radius 3 is 1.12 bits per heavy atom. The van der Waals surface area contributed by atoms with Gasteiger partial charge in [0.15, 0.2) is 6.10 Å². The van der Waals surface area contributed by atoms with Crippen LogP contribution in [-0.2, 0) is 42.2 Å². The van der Waals surface area contributed by atoms with Crippen LogP contribution in [0.15, 0.2) is 85.1 Å². The van der Waals surface area contributed by atoms with Gasteiger partial charge in [-0.25, -0.2) is 4.57 Å². The summed E-state index contributed by atoms with van der Waals surface area (Å²) in [6.45, 7) is 4.44. The van der Waals surface area contributed by atoms with E-state index in [1.54, 1.807) is 0 Å². The predicted molar refractivity (Wildman–Crippen MR) is 316 cm³/mol. The zero-order valence-electron chi connectivity index (χ0n) is 48.5. The molecule has 3 unspecified atom stereocenters. The first-order chi connectivity index (χ1) is 37.2. The summed E-state index contributed by atoms with van der Waals surface area (Å²) in [5, 5.41) is 9.84. The summed E-state index contributed by atoms with van der Waals surface area (Å²) in [6.07, 6.45) is 66.8. The number of phosphoric acid groups is 1. The van der Waals surface area contributed by atoms with Gasteiger partial charge >= 0.3 is 25.7 Å². The van der Waals surface area contributed by atoms with E-state index >= 15 is 0 Å². The molecule has 0 spiro atoms. The molecule has 2 N–H and O–H groups in total. The van der Waals surface area contributed by atoms with E-state index in [0.717, 1.165) is 116 Å². The van der Waals surface area contributed by atoms with Crippen molar-refractivity contribution in [2.75, 3.05) is 26.4 Å². The van der Waals surface area contributed by atoms with Crippen molar-refractivity contribution in [2.45, 2.75) is 277 Å². The van der Waals surface area contributed by atoms with Gasteiger partial charge in [0.25, 0.3) is 0 Å². The van der Waals surface area contributed by atoms with Crippen molar-refractivity contribution in [3.8, 4) is 0 Å². The molecule has 0 aliphatic heterocycles. The lowest BCUT2D eigenvalue weighted by Gasteiger charge is -2.21. The minimum Gasteiger partial charge on any atom is -0.462 e. The average Bonchev–Trinajstić information content (AvgIpc) is 3.41. The SMILES string of the molecule is CC/C=C\C/C=C\C/C=C\C/C=C\C/C=C\CCCCCC(=O)OC(COC(=O)CCCCCCC/C=C\C/C=C\CCC)COP(=O)(O)OCC(CO)OC(=O)CCCCCCCCCCCCCCCCCCC. The molecule has 0 saturated heterocycles. The number of carbonyl (C=O) groups is 3. The van der Waals surface area contributed by atoms with Crippen molar-refractivity contribution in [3.63, 3.8) is 0 Å². The van der Waals surface area contributed by atoms with E-state index in [1.807, 2.05) is 0 Å². The maximum absolute atomic E-state index is 12.9.